The second-order valence-corrected chi connectivity index (χ2v) is 7.33. The van der Waals surface area contributed by atoms with Crippen LogP contribution in [0.1, 0.15) is 11.1 Å². The Morgan fingerprint density at radius 1 is 0.765 bits per heavy atom. The number of rotatable bonds is 6. The summed E-state index contributed by atoms with van der Waals surface area (Å²) in [6.07, 6.45) is 1.99. The van der Waals surface area contributed by atoms with E-state index in [9.17, 15) is 19.0 Å². The fourth-order valence-electron chi connectivity index (χ4n) is 2.60. The van der Waals surface area contributed by atoms with Crippen molar-refractivity contribution in [2.75, 3.05) is 10.6 Å². The summed E-state index contributed by atoms with van der Waals surface area (Å²) in [5, 5.41) is 23.9. The number of aliphatic hydroxyl groups is 2. The van der Waals surface area contributed by atoms with Gasteiger partial charge in [-0.05, 0) is 47.0 Å². The molecule has 0 spiro atoms. The second-order valence-electron chi connectivity index (χ2n) is 6.63. The third-order valence-corrected chi connectivity index (χ3v) is 4.60. The molecule has 0 saturated heterocycles. The Balaban J connectivity index is 0.000000302. The van der Waals surface area contributed by atoms with Gasteiger partial charge < -0.3 is 20.8 Å². The van der Waals surface area contributed by atoms with Gasteiger partial charge in [0.15, 0.2) is 22.6 Å². The highest BCUT2D eigenvalue weighted by atomic mass is 35.5. The van der Waals surface area contributed by atoms with Crippen LogP contribution >= 0.6 is 23.2 Å². The fourth-order valence-corrected chi connectivity index (χ4v) is 2.91. The first-order valence-corrected chi connectivity index (χ1v) is 10.4. The summed E-state index contributed by atoms with van der Waals surface area (Å²) < 4.78 is 26.2. The van der Waals surface area contributed by atoms with Crippen molar-refractivity contribution in [1.82, 2.24) is 19.9 Å². The lowest BCUT2D eigenvalue weighted by molar-refractivity contribution is 0.281. The second kappa shape index (κ2) is 12.1. The Bertz CT molecular complexity index is 1270. The van der Waals surface area contributed by atoms with Crippen LogP contribution in [0.3, 0.4) is 0 Å². The molecule has 0 aliphatic rings. The van der Waals surface area contributed by atoms with E-state index in [-0.39, 0.29) is 35.4 Å². The zero-order valence-corrected chi connectivity index (χ0v) is 18.9. The van der Waals surface area contributed by atoms with Crippen LogP contribution in [0.5, 0.6) is 0 Å². The summed E-state index contributed by atoms with van der Waals surface area (Å²) in [5.41, 5.74) is 2.74. The van der Waals surface area contributed by atoms with Gasteiger partial charge in [-0.25, -0.2) is 23.7 Å². The Labute approximate surface area is 203 Å². The highest BCUT2D eigenvalue weighted by Crippen LogP contribution is 2.21. The molecule has 8 nitrogen and oxygen atoms in total. The topological polar surface area (TPSA) is 116 Å². The average molecular weight is 507 g/mol. The van der Waals surface area contributed by atoms with E-state index in [1.165, 1.54) is 0 Å². The van der Waals surface area contributed by atoms with Crippen molar-refractivity contribution in [3.05, 3.63) is 94.1 Å². The van der Waals surface area contributed by atoms with Gasteiger partial charge in [0.2, 0.25) is 11.2 Å². The maximum atomic E-state index is 14.0. The first kappa shape index (κ1) is 25.2. The van der Waals surface area contributed by atoms with Gasteiger partial charge in [-0.2, -0.15) is 4.98 Å². The number of nitrogens with one attached hydrogen (secondary N) is 2. The Morgan fingerprint density at radius 3 is 1.91 bits per heavy atom. The van der Waals surface area contributed by atoms with Gasteiger partial charge >= 0.3 is 0 Å². The van der Waals surface area contributed by atoms with Crippen LogP contribution in [0.2, 0.25) is 10.4 Å². The van der Waals surface area contributed by atoms with Gasteiger partial charge in [0.25, 0.3) is 0 Å². The summed E-state index contributed by atoms with van der Waals surface area (Å²) in [5.74, 6) is -1.02. The minimum absolute atomic E-state index is 0.0194. The Kier molecular flexibility index (Phi) is 9.00. The summed E-state index contributed by atoms with van der Waals surface area (Å²) in [6.45, 7) is -0.177. The first-order chi connectivity index (χ1) is 16.4. The molecule has 176 valence electrons. The van der Waals surface area contributed by atoms with Gasteiger partial charge in [0, 0.05) is 11.4 Å². The molecule has 0 bridgehead atoms. The van der Waals surface area contributed by atoms with Crippen LogP contribution < -0.4 is 10.6 Å². The lowest BCUT2D eigenvalue weighted by atomic mass is 10.2. The first-order valence-electron chi connectivity index (χ1n) is 9.67. The van der Waals surface area contributed by atoms with E-state index < -0.39 is 11.6 Å². The predicted molar refractivity (Wildman–Crippen MR) is 125 cm³/mol. The van der Waals surface area contributed by atoms with Crippen LogP contribution in [0.15, 0.2) is 60.9 Å². The zero-order chi connectivity index (χ0) is 24.5. The molecule has 0 radical (unpaired) electrons. The minimum Gasteiger partial charge on any atom is -0.392 e. The normalized spacial score (nSPS) is 10.3. The Morgan fingerprint density at radius 2 is 1.35 bits per heavy atom. The van der Waals surface area contributed by atoms with E-state index in [0.717, 1.165) is 18.0 Å². The van der Waals surface area contributed by atoms with E-state index in [2.05, 4.69) is 30.6 Å². The SMILES string of the molecule is Fc1cnc(Cl)nc1Cl.OCc1cccc(Nc2ncc(F)c(Nc3cccc(CO)c3)n2)c1. The Hall–Kier alpha value is -3.44. The van der Waals surface area contributed by atoms with Crippen molar-refractivity contribution in [2.45, 2.75) is 13.2 Å². The van der Waals surface area contributed by atoms with E-state index in [1.54, 1.807) is 48.5 Å². The van der Waals surface area contributed by atoms with Crippen molar-refractivity contribution in [1.29, 1.82) is 0 Å². The number of nitrogens with zero attached hydrogens (tertiary/aromatic N) is 4. The van der Waals surface area contributed by atoms with Crippen molar-refractivity contribution in [3.8, 4) is 0 Å². The highest BCUT2D eigenvalue weighted by Gasteiger charge is 2.08. The van der Waals surface area contributed by atoms with Gasteiger partial charge in [-0.3, -0.25) is 0 Å². The van der Waals surface area contributed by atoms with Crippen molar-refractivity contribution in [2.24, 2.45) is 0 Å². The summed E-state index contributed by atoms with van der Waals surface area (Å²) >= 11 is 10.4. The predicted octanol–water partition coefficient (Wildman–Crippen LogP) is 5.01. The van der Waals surface area contributed by atoms with E-state index in [4.69, 9.17) is 23.2 Å². The maximum absolute atomic E-state index is 14.0. The number of halogens is 4. The minimum atomic E-state index is -0.666. The molecule has 2 aromatic carbocycles. The van der Waals surface area contributed by atoms with Crippen molar-refractivity contribution < 1.29 is 19.0 Å². The summed E-state index contributed by atoms with van der Waals surface area (Å²) in [4.78, 5) is 14.7. The molecule has 4 N–H and O–H groups in total. The van der Waals surface area contributed by atoms with Gasteiger partial charge in [-0.1, -0.05) is 35.9 Å². The smallest absolute Gasteiger partial charge is 0.229 e. The monoisotopic (exact) mass is 506 g/mol. The van der Waals surface area contributed by atoms with Crippen LogP contribution in [0, 0.1) is 11.6 Å². The molecule has 0 fully saturated rings. The molecule has 34 heavy (non-hydrogen) atoms. The van der Waals surface area contributed by atoms with Crippen LogP contribution in [0.4, 0.5) is 31.9 Å². The molecule has 2 aromatic heterocycles. The van der Waals surface area contributed by atoms with Crippen LogP contribution in [-0.2, 0) is 13.2 Å². The summed E-state index contributed by atoms with van der Waals surface area (Å²) in [7, 11) is 0. The van der Waals surface area contributed by atoms with Gasteiger partial charge in [-0.15, -0.1) is 0 Å². The third kappa shape index (κ3) is 7.29. The molecular formula is C22H18Cl2F2N6O2. The molecule has 0 saturated carbocycles. The molecule has 0 aliphatic carbocycles. The molecule has 0 unspecified atom stereocenters. The van der Waals surface area contributed by atoms with Crippen LogP contribution in [0.25, 0.3) is 0 Å². The molecule has 0 amide bonds. The molecule has 0 aliphatic heterocycles. The number of anilines is 4. The van der Waals surface area contributed by atoms with Gasteiger partial charge in [0.1, 0.15) is 0 Å². The average Bonchev–Trinajstić information content (AvgIpc) is 2.84. The maximum Gasteiger partial charge on any atom is 0.229 e. The zero-order valence-electron chi connectivity index (χ0n) is 17.4. The van der Waals surface area contributed by atoms with E-state index in [0.29, 0.717) is 16.9 Å². The van der Waals surface area contributed by atoms with Crippen molar-refractivity contribution >= 4 is 46.3 Å². The molecule has 2 heterocycles. The third-order valence-electron chi connectivity index (χ3n) is 4.15. The van der Waals surface area contributed by atoms with E-state index in [1.807, 2.05) is 0 Å². The number of benzene rings is 2. The molecular weight excluding hydrogens is 489 g/mol. The van der Waals surface area contributed by atoms with Crippen LogP contribution in [-0.4, -0.2) is 30.1 Å². The molecule has 12 heteroatoms. The fraction of sp³-hybridized carbons (Fsp3) is 0.0909. The number of aromatic nitrogens is 4. The summed E-state index contributed by atoms with van der Waals surface area (Å²) in [6, 6.07) is 14.1. The quantitative estimate of drug-likeness (QED) is 0.213. The van der Waals surface area contributed by atoms with Crippen molar-refractivity contribution in [3.63, 3.8) is 0 Å². The van der Waals surface area contributed by atoms with E-state index >= 15 is 0 Å². The standard InChI is InChI=1S/C18H17FN4O2.C4HCl2FN2/c19-16-9-20-18(22-15-6-2-4-13(8-15)11-25)23-17(16)21-14-5-1-3-12(7-14)10-24;5-3-2(7)1-8-4(6)9-3/h1-9,24-25H,10-11H2,(H2,20,21,22,23);1H. The number of aliphatic hydroxyl groups excluding tert-OH is 2. The molecule has 4 rings (SSSR count). The molecule has 4 aromatic rings. The largest absolute Gasteiger partial charge is 0.392 e. The lowest BCUT2D eigenvalue weighted by Gasteiger charge is -2.10. The number of hydrogen-bond donors (Lipinski definition) is 4. The van der Waals surface area contributed by atoms with Gasteiger partial charge in [0.05, 0.1) is 25.6 Å². The number of hydrogen-bond acceptors (Lipinski definition) is 8. The lowest BCUT2D eigenvalue weighted by Crippen LogP contribution is -2.03. The highest BCUT2D eigenvalue weighted by molar-refractivity contribution is 6.31. The molecule has 0 atom stereocenters.